The van der Waals surface area contributed by atoms with Crippen LogP contribution < -0.4 is 11.1 Å². The normalized spacial score (nSPS) is 25.8. The van der Waals surface area contributed by atoms with Crippen LogP contribution in [0.5, 0.6) is 0 Å². The molecule has 0 bridgehead atoms. The Morgan fingerprint density at radius 1 is 1.12 bits per heavy atom. The maximum Gasteiger partial charge on any atom is 0.251 e. The Hall–Kier alpha value is -0.770. The van der Waals surface area contributed by atoms with Crippen LogP contribution in [0.2, 0.25) is 0 Å². The van der Waals surface area contributed by atoms with Gasteiger partial charge in [-0.05, 0) is 59.8 Å². The van der Waals surface area contributed by atoms with Crippen molar-refractivity contribution in [2.45, 2.75) is 122 Å². The number of carbonyl (C=O) groups is 1. The Bertz CT molecular complexity index is 574. The first-order valence-electron chi connectivity index (χ1n) is 12.8. The molecule has 1 aliphatic heterocycles. The lowest BCUT2D eigenvalue weighted by molar-refractivity contribution is -0.146. The summed E-state index contributed by atoms with van der Waals surface area (Å²) in [6.45, 7) is 10.7. The number of nitrogens with one attached hydrogen (secondary N) is 1. The van der Waals surface area contributed by atoms with E-state index < -0.39 is 11.8 Å². The van der Waals surface area contributed by atoms with Crippen LogP contribution in [0.15, 0.2) is 0 Å². The van der Waals surface area contributed by atoms with Crippen molar-refractivity contribution in [1.29, 1.82) is 0 Å². The lowest BCUT2D eigenvalue weighted by Gasteiger charge is -2.27. The molecular weight excluding hydrogens is 424 g/mol. The highest BCUT2D eigenvalue weighted by atomic mass is 16.6. The lowest BCUT2D eigenvalue weighted by Crippen LogP contribution is -2.46. The third kappa shape index (κ3) is 10.2. The quantitative estimate of drug-likeness (QED) is 0.279. The molecule has 8 heteroatoms. The third-order valence-corrected chi connectivity index (χ3v) is 6.51. The van der Waals surface area contributed by atoms with Gasteiger partial charge in [0.25, 0.3) is 5.91 Å². The van der Waals surface area contributed by atoms with Crippen LogP contribution >= 0.6 is 0 Å². The van der Waals surface area contributed by atoms with Crippen LogP contribution in [0.25, 0.3) is 0 Å². The van der Waals surface area contributed by atoms with Crippen molar-refractivity contribution in [3.05, 3.63) is 0 Å². The van der Waals surface area contributed by atoms with E-state index in [1.165, 1.54) is 32.1 Å². The van der Waals surface area contributed by atoms with Gasteiger partial charge >= 0.3 is 0 Å². The molecule has 2 rings (SSSR count). The number of ether oxygens (including phenoxy) is 4. The fourth-order valence-electron chi connectivity index (χ4n) is 4.63. The Balaban J connectivity index is 1.71. The number of aliphatic hydroxyl groups excluding tert-OH is 1. The van der Waals surface area contributed by atoms with Crippen LogP contribution in [0, 0.1) is 5.92 Å². The molecule has 8 nitrogen and oxygen atoms in total. The second-order valence-electron chi connectivity index (χ2n) is 10.9. The van der Waals surface area contributed by atoms with E-state index in [-0.39, 0.29) is 36.4 Å². The molecule has 0 aromatic rings. The summed E-state index contributed by atoms with van der Waals surface area (Å²) in [4.78, 5) is 12.5. The monoisotopic (exact) mass is 472 g/mol. The zero-order valence-corrected chi connectivity index (χ0v) is 21.4. The molecule has 2 fully saturated rings. The maximum atomic E-state index is 12.5. The van der Waals surface area contributed by atoms with Gasteiger partial charge in [-0.3, -0.25) is 4.79 Å². The van der Waals surface area contributed by atoms with Gasteiger partial charge in [0.15, 0.2) is 0 Å². The van der Waals surface area contributed by atoms with E-state index in [9.17, 15) is 9.90 Å². The SMILES string of the molecule is CC(C)(C)OCCOC(C)(C)C(=O)NCCC(N)O[C@@H]1C[C@H](C2CCCCC2)OC1CCO. The summed E-state index contributed by atoms with van der Waals surface area (Å²) in [5.74, 6) is 0.394. The van der Waals surface area contributed by atoms with E-state index in [4.69, 9.17) is 24.7 Å². The standard InChI is InChI=1S/C25H48N2O6/c1-24(2,3)30-15-16-31-25(4,5)23(29)27-13-11-22(26)33-21-17-20(32-19(21)12-14-28)18-9-7-6-8-10-18/h18-22,28H,6-17,26H2,1-5H3,(H,27,29)/t19?,20-,21-,22?/m1/s1. The van der Waals surface area contributed by atoms with Gasteiger partial charge in [-0.25, -0.2) is 0 Å². The molecule has 2 unspecified atom stereocenters. The first-order chi connectivity index (χ1) is 15.5. The minimum absolute atomic E-state index is 0.0725. The Labute approximate surface area is 200 Å². The van der Waals surface area contributed by atoms with Gasteiger partial charge in [-0.2, -0.15) is 0 Å². The third-order valence-electron chi connectivity index (χ3n) is 6.51. The van der Waals surface area contributed by atoms with Gasteiger partial charge in [0.05, 0.1) is 37.1 Å². The summed E-state index contributed by atoms with van der Waals surface area (Å²) in [5, 5.41) is 12.3. The molecule has 1 saturated heterocycles. The number of aliphatic hydroxyl groups is 1. The van der Waals surface area contributed by atoms with Gasteiger partial charge in [0.1, 0.15) is 11.8 Å². The van der Waals surface area contributed by atoms with Gasteiger partial charge in [-0.15, -0.1) is 0 Å². The summed E-state index contributed by atoms with van der Waals surface area (Å²) in [7, 11) is 0. The fraction of sp³-hybridized carbons (Fsp3) is 0.960. The van der Waals surface area contributed by atoms with Crippen molar-refractivity contribution in [1.82, 2.24) is 5.32 Å². The minimum Gasteiger partial charge on any atom is -0.396 e. The number of rotatable bonds is 13. The summed E-state index contributed by atoms with van der Waals surface area (Å²) >= 11 is 0. The Morgan fingerprint density at radius 3 is 2.42 bits per heavy atom. The Kier molecular flexibility index (Phi) is 11.5. The highest BCUT2D eigenvalue weighted by molar-refractivity contribution is 5.84. The van der Waals surface area contributed by atoms with E-state index in [0.29, 0.717) is 38.5 Å². The lowest BCUT2D eigenvalue weighted by atomic mass is 9.84. The molecule has 0 spiro atoms. The fourth-order valence-corrected chi connectivity index (χ4v) is 4.63. The number of carbonyl (C=O) groups excluding carboxylic acids is 1. The van der Waals surface area contributed by atoms with Crippen molar-refractivity contribution in [3.8, 4) is 0 Å². The van der Waals surface area contributed by atoms with Crippen LogP contribution in [0.3, 0.4) is 0 Å². The van der Waals surface area contributed by atoms with Crippen LogP contribution in [-0.4, -0.2) is 73.1 Å². The van der Waals surface area contributed by atoms with Crippen molar-refractivity contribution >= 4 is 5.91 Å². The van der Waals surface area contributed by atoms with Gasteiger partial charge in [-0.1, -0.05) is 19.3 Å². The summed E-state index contributed by atoms with van der Waals surface area (Å²) in [6.07, 6.45) is 7.60. The zero-order chi connectivity index (χ0) is 24.5. The van der Waals surface area contributed by atoms with E-state index in [1.54, 1.807) is 13.8 Å². The number of amides is 1. The van der Waals surface area contributed by atoms with Crippen LogP contribution in [0.1, 0.15) is 86.0 Å². The van der Waals surface area contributed by atoms with E-state index in [0.717, 1.165) is 6.42 Å². The predicted molar refractivity (Wildman–Crippen MR) is 128 cm³/mol. The van der Waals surface area contributed by atoms with Crippen molar-refractivity contribution in [2.75, 3.05) is 26.4 Å². The number of nitrogens with two attached hydrogens (primary N) is 1. The number of hydrogen-bond donors (Lipinski definition) is 3. The molecule has 4 atom stereocenters. The second kappa shape index (κ2) is 13.4. The van der Waals surface area contributed by atoms with Gasteiger partial charge in [0, 0.05) is 26.0 Å². The molecule has 194 valence electrons. The first-order valence-corrected chi connectivity index (χ1v) is 12.8. The van der Waals surface area contributed by atoms with Crippen LogP contribution in [-0.2, 0) is 23.7 Å². The molecule has 0 aromatic carbocycles. The topological polar surface area (TPSA) is 112 Å². The molecule has 1 saturated carbocycles. The minimum atomic E-state index is -0.953. The summed E-state index contributed by atoms with van der Waals surface area (Å²) < 4.78 is 23.8. The smallest absolute Gasteiger partial charge is 0.251 e. The van der Waals surface area contributed by atoms with Crippen molar-refractivity contribution in [3.63, 3.8) is 0 Å². The average Bonchev–Trinajstić information content (AvgIpc) is 3.14. The van der Waals surface area contributed by atoms with E-state index in [2.05, 4.69) is 5.32 Å². The van der Waals surface area contributed by atoms with Crippen LogP contribution in [0.4, 0.5) is 0 Å². The number of hydrogen-bond acceptors (Lipinski definition) is 7. The molecule has 1 amide bonds. The first kappa shape index (κ1) is 28.5. The zero-order valence-electron chi connectivity index (χ0n) is 21.4. The maximum absolute atomic E-state index is 12.5. The van der Waals surface area contributed by atoms with Crippen molar-refractivity contribution in [2.24, 2.45) is 11.7 Å². The summed E-state index contributed by atoms with van der Waals surface area (Å²) in [5.41, 5.74) is 5.04. The summed E-state index contributed by atoms with van der Waals surface area (Å²) in [6, 6.07) is 0. The highest BCUT2D eigenvalue weighted by Gasteiger charge is 2.40. The second-order valence-corrected chi connectivity index (χ2v) is 10.9. The van der Waals surface area contributed by atoms with Crippen molar-refractivity contribution < 1.29 is 28.8 Å². The Morgan fingerprint density at radius 2 is 1.79 bits per heavy atom. The van der Waals surface area contributed by atoms with E-state index >= 15 is 0 Å². The molecule has 2 aliphatic rings. The molecular formula is C25H48N2O6. The van der Waals surface area contributed by atoms with E-state index in [1.807, 2.05) is 20.8 Å². The predicted octanol–water partition coefficient (Wildman–Crippen LogP) is 2.89. The molecule has 33 heavy (non-hydrogen) atoms. The largest absolute Gasteiger partial charge is 0.396 e. The highest BCUT2D eigenvalue weighted by Crippen LogP contribution is 2.37. The molecule has 0 radical (unpaired) electrons. The van der Waals surface area contributed by atoms with Gasteiger partial charge in [0.2, 0.25) is 0 Å². The average molecular weight is 473 g/mol. The van der Waals surface area contributed by atoms with Gasteiger partial charge < -0.3 is 35.1 Å². The molecule has 1 heterocycles. The molecule has 4 N–H and O–H groups in total. The molecule has 1 aliphatic carbocycles. The molecule has 0 aromatic heterocycles.